The van der Waals surface area contributed by atoms with E-state index in [1.54, 1.807) is 18.2 Å². The van der Waals surface area contributed by atoms with Crippen LogP contribution in [0.4, 0.5) is 5.69 Å². The van der Waals surface area contributed by atoms with E-state index in [1.807, 2.05) is 0 Å². The minimum atomic E-state index is -0.000437. The number of hydrogen-bond donors (Lipinski definition) is 3. The van der Waals surface area contributed by atoms with Crippen LogP contribution in [0.1, 0.15) is 0 Å². The molecule has 0 saturated heterocycles. The summed E-state index contributed by atoms with van der Waals surface area (Å²) in [5.41, 5.74) is 7.63. The molecule has 0 radical (unpaired) electrons. The highest BCUT2D eigenvalue weighted by molar-refractivity contribution is 5.75. The second-order valence-corrected chi connectivity index (χ2v) is 3.91. The highest BCUT2D eigenvalue weighted by Gasteiger charge is 2.09. The first-order valence-corrected chi connectivity index (χ1v) is 5.28. The summed E-state index contributed by atoms with van der Waals surface area (Å²) < 4.78 is 0. The zero-order valence-electron chi connectivity index (χ0n) is 9.28. The number of hydrogen-bond acceptors (Lipinski definition) is 5. The zero-order valence-corrected chi connectivity index (χ0v) is 9.28. The maximum Gasteiger partial charge on any atom is 0.145 e. The van der Waals surface area contributed by atoms with Crippen LogP contribution in [-0.4, -0.2) is 25.2 Å². The number of rotatable bonds is 1. The number of benzene rings is 2. The van der Waals surface area contributed by atoms with Crippen LogP contribution in [0.2, 0.25) is 0 Å². The fourth-order valence-electron chi connectivity index (χ4n) is 1.72. The molecule has 18 heavy (non-hydrogen) atoms. The lowest BCUT2D eigenvalue weighted by atomic mass is 10.2. The summed E-state index contributed by atoms with van der Waals surface area (Å²) in [5.74, 6) is 0.121. The molecule has 2 aromatic carbocycles. The van der Waals surface area contributed by atoms with Gasteiger partial charge in [0.15, 0.2) is 0 Å². The lowest BCUT2D eigenvalue weighted by Gasteiger charge is -2.02. The summed E-state index contributed by atoms with van der Waals surface area (Å²) in [6.07, 6.45) is 0. The van der Waals surface area contributed by atoms with E-state index in [-0.39, 0.29) is 11.5 Å². The van der Waals surface area contributed by atoms with E-state index in [9.17, 15) is 10.2 Å². The number of phenols is 2. The number of aromatic nitrogens is 3. The van der Waals surface area contributed by atoms with Gasteiger partial charge < -0.3 is 15.9 Å². The molecule has 90 valence electrons. The molecule has 0 aliphatic carbocycles. The predicted octanol–water partition coefficient (Wildman–Crippen LogP) is 1.41. The van der Waals surface area contributed by atoms with E-state index in [1.165, 1.54) is 23.0 Å². The van der Waals surface area contributed by atoms with Crippen molar-refractivity contribution in [2.24, 2.45) is 0 Å². The monoisotopic (exact) mass is 242 g/mol. The van der Waals surface area contributed by atoms with Gasteiger partial charge in [0.2, 0.25) is 0 Å². The van der Waals surface area contributed by atoms with Crippen molar-refractivity contribution in [3.8, 4) is 17.2 Å². The first-order chi connectivity index (χ1) is 8.63. The summed E-state index contributed by atoms with van der Waals surface area (Å²) >= 11 is 0. The van der Waals surface area contributed by atoms with Gasteiger partial charge in [0.25, 0.3) is 0 Å². The van der Waals surface area contributed by atoms with Gasteiger partial charge in [-0.3, -0.25) is 0 Å². The highest BCUT2D eigenvalue weighted by atomic mass is 16.3. The van der Waals surface area contributed by atoms with Crippen molar-refractivity contribution in [3.63, 3.8) is 0 Å². The fraction of sp³-hybridized carbons (Fsp3) is 0. The van der Waals surface area contributed by atoms with Gasteiger partial charge in [-0.2, -0.15) is 0 Å². The molecule has 0 aliphatic rings. The Morgan fingerprint density at radius 3 is 2.50 bits per heavy atom. The standard InChI is InChI=1S/C12H10N4O2/c13-7-1-4-11(12(18)5-7)16-14-9-3-2-8(17)6-10(9)15-16/h1-6,17-18H,13H2. The van der Waals surface area contributed by atoms with Crippen LogP contribution in [0.5, 0.6) is 11.5 Å². The average Bonchev–Trinajstić information content (AvgIpc) is 2.71. The van der Waals surface area contributed by atoms with Crippen molar-refractivity contribution >= 4 is 16.7 Å². The van der Waals surface area contributed by atoms with E-state index < -0.39 is 0 Å². The topological polar surface area (TPSA) is 97.2 Å². The van der Waals surface area contributed by atoms with E-state index in [0.717, 1.165) is 0 Å². The van der Waals surface area contributed by atoms with E-state index in [2.05, 4.69) is 10.2 Å². The normalized spacial score (nSPS) is 10.9. The Balaban J connectivity index is 2.19. The zero-order chi connectivity index (χ0) is 12.7. The van der Waals surface area contributed by atoms with Crippen LogP contribution >= 0.6 is 0 Å². The molecule has 0 unspecified atom stereocenters. The number of fused-ring (bicyclic) bond motifs is 1. The van der Waals surface area contributed by atoms with Crippen LogP contribution in [0.15, 0.2) is 36.4 Å². The van der Waals surface area contributed by atoms with Crippen molar-refractivity contribution in [2.75, 3.05) is 5.73 Å². The molecule has 6 nitrogen and oxygen atoms in total. The molecule has 3 aromatic rings. The lowest BCUT2D eigenvalue weighted by molar-refractivity contribution is 0.468. The van der Waals surface area contributed by atoms with Crippen molar-refractivity contribution in [1.82, 2.24) is 15.0 Å². The highest BCUT2D eigenvalue weighted by Crippen LogP contribution is 2.24. The van der Waals surface area contributed by atoms with Gasteiger partial charge in [-0.15, -0.1) is 15.0 Å². The number of phenolic OH excluding ortho intramolecular Hbond substituents is 2. The van der Waals surface area contributed by atoms with Gasteiger partial charge in [0, 0.05) is 17.8 Å². The predicted molar refractivity (Wildman–Crippen MR) is 66.6 cm³/mol. The first-order valence-electron chi connectivity index (χ1n) is 5.28. The summed E-state index contributed by atoms with van der Waals surface area (Å²) in [4.78, 5) is 1.30. The Labute approximate surface area is 102 Å². The van der Waals surface area contributed by atoms with E-state index in [4.69, 9.17) is 5.73 Å². The lowest BCUT2D eigenvalue weighted by Crippen LogP contribution is -1.99. The smallest absolute Gasteiger partial charge is 0.145 e. The van der Waals surface area contributed by atoms with E-state index >= 15 is 0 Å². The van der Waals surface area contributed by atoms with Crippen molar-refractivity contribution in [1.29, 1.82) is 0 Å². The quantitative estimate of drug-likeness (QED) is 0.560. The molecule has 0 atom stereocenters. The molecule has 0 saturated carbocycles. The van der Waals surface area contributed by atoms with Gasteiger partial charge in [-0.1, -0.05) is 0 Å². The van der Waals surface area contributed by atoms with Crippen molar-refractivity contribution in [3.05, 3.63) is 36.4 Å². The molecule has 0 amide bonds. The maximum atomic E-state index is 9.79. The molecule has 4 N–H and O–H groups in total. The third-order valence-corrected chi connectivity index (χ3v) is 2.58. The molecule has 0 spiro atoms. The largest absolute Gasteiger partial charge is 0.508 e. The molecule has 6 heteroatoms. The first kappa shape index (κ1) is 10.4. The van der Waals surface area contributed by atoms with Gasteiger partial charge in [0.05, 0.1) is 0 Å². The number of anilines is 1. The molecular formula is C12H10N4O2. The van der Waals surface area contributed by atoms with Gasteiger partial charge >= 0.3 is 0 Å². The SMILES string of the molecule is Nc1ccc(-n2nc3ccc(O)cc3n2)c(O)c1. The molecule has 0 aliphatic heterocycles. The third-order valence-electron chi connectivity index (χ3n) is 2.58. The Bertz CT molecular complexity index is 736. The van der Waals surface area contributed by atoms with Crippen LogP contribution in [-0.2, 0) is 0 Å². The summed E-state index contributed by atoms with van der Waals surface area (Å²) in [6.45, 7) is 0. The number of aromatic hydroxyl groups is 2. The summed E-state index contributed by atoms with van der Waals surface area (Å²) in [7, 11) is 0. The molecule has 0 fully saturated rings. The minimum absolute atomic E-state index is 0.000437. The van der Waals surface area contributed by atoms with Crippen LogP contribution in [0.25, 0.3) is 16.7 Å². The summed E-state index contributed by atoms with van der Waals surface area (Å²) in [6, 6.07) is 9.41. The second kappa shape index (κ2) is 3.63. The second-order valence-electron chi connectivity index (χ2n) is 3.91. The molecule has 1 heterocycles. The van der Waals surface area contributed by atoms with Crippen molar-refractivity contribution < 1.29 is 10.2 Å². The van der Waals surface area contributed by atoms with Crippen LogP contribution < -0.4 is 5.73 Å². The molecular weight excluding hydrogens is 232 g/mol. The Morgan fingerprint density at radius 2 is 1.72 bits per heavy atom. The number of nitrogens with zero attached hydrogens (tertiary/aromatic N) is 3. The molecule has 1 aromatic heterocycles. The van der Waals surface area contributed by atoms with Crippen molar-refractivity contribution in [2.45, 2.75) is 0 Å². The molecule has 0 bridgehead atoms. The minimum Gasteiger partial charge on any atom is -0.508 e. The average molecular weight is 242 g/mol. The number of nitrogen functional groups attached to an aromatic ring is 1. The van der Waals surface area contributed by atoms with Gasteiger partial charge in [-0.05, 0) is 24.3 Å². The van der Waals surface area contributed by atoms with Crippen LogP contribution in [0, 0.1) is 0 Å². The third kappa shape index (κ3) is 1.60. The Hall–Kier alpha value is -2.76. The Morgan fingerprint density at radius 1 is 0.944 bits per heavy atom. The number of nitrogens with two attached hydrogens (primary N) is 1. The van der Waals surface area contributed by atoms with Gasteiger partial charge in [-0.25, -0.2) is 0 Å². The summed E-state index contributed by atoms with van der Waals surface area (Å²) in [5, 5.41) is 27.5. The molecule has 3 rings (SSSR count). The van der Waals surface area contributed by atoms with E-state index in [0.29, 0.717) is 22.4 Å². The van der Waals surface area contributed by atoms with Crippen LogP contribution in [0.3, 0.4) is 0 Å². The Kier molecular flexibility index (Phi) is 2.09. The maximum absolute atomic E-state index is 9.79. The van der Waals surface area contributed by atoms with Gasteiger partial charge in [0.1, 0.15) is 28.2 Å². The fourth-order valence-corrected chi connectivity index (χ4v) is 1.72.